The number of carbonyl (C=O) groups excluding carboxylic acids is 1. The number of aliphatic imine (C=N–C) groups is 1. The van der Waals surface area contributed by atoms with Crippen molar-refractivity contribution in [3.63, 3.8) is 0 Å². The molecule has 2 aromatic rings. The number of carbonyl (C=O) groups is 1. The van der Waals surface area contributed by atoms with Gasteiger partial charge in [-0.05, 0) is 42.8 Å². The third-order valence-electron chi connectivity index (χ3n) is 3.30. The number of aromatic nitrogens is 2. The number of pyridine rings is 1. The summed E-state index contributed by atoms with van der Waals surface area (Å²) in [5, 5.41) is 5.00. The van der Waals surface area contributed by atoms with E-state index in [2.05, 4.69) is 20.3 Å². The lowest BCUT2D eigenvalue weighted by Gasteiger charge is -1.99. The molecule has 0 atom stereocenters. The van der Waals surface area contributed by atoms with E-state index >= 15 is 0 Å². The molecule has 4 rings (SSSR count). The van der Waals surface area contributed by atoms with Crippen LogP contribution in [0.4, 0.5) is 0 Å². The van der Waals surface area contributed by atoms with Gasteiger partial charge in [-0.2, -0.15) is 4.99 Å². The molecule has 1 aliphatic heterocycles. The van der Waals surface area contributed by atoms with Crippen molar-refractivity contribution in [3.8, 4) is 0 Å². The van der Waals surface area contributed by atoms with Crippen LogP contribution in [0.5, 0.6) is 0 Å². The number of nitrogens with one attached hydrogen (secondary N) is 2. The van der Waals surface area contributed by atoms with Gasteiger partial charge in [-0.15, -0.1) is 0 Å². The summed E-state index contributed by atoms with van der Waals surface area (Å²) in [6.45, 7) is 0. The van der Waals surface area contributed by atoms with Gasteiger partial charge in [0.15, 0.2) is 5.17 Å². The van der Waals surface area contributed by atoms with Crippen molar-refractivity contribution >= 4 is 39.9 Å². The third-order valence-corrected chi connectivity index (χ3v) is 4.21. The van der Waals surface area contributed by atoms with Gasteiger partial charge < -0.3 is 10.3 Å². The maximum atomic E-state index is 11.9. The van der Waals surface area contributed by atoms with Crippen molar-refractivity contribution in [1.29, 1.82) is 0 Å². The molecule has 0 bridgehead atoms. The first kappa shape index (κ1) is 11.7. The molecular formula is C14H12N4OS. The second-order valence-electron chi connectivity index (χ2n) is 4.89. The van der Waals surface area contributed by atoms with E-state index in [1.807, 2.05) is 24.4 Å². The summed E-state index contributed by atoms with van der Waals surface area (Å²) in [5.41, 5.74) is 1.79. The number of amidine groups is 1. The number of thioether (sulfide) groups is 1. The van der Waals surface area contributed by atoms with E-state index < -0.39 is 0 Å². The molecule has 6 heteroatoms. The molecule has 2 N–H and O–H groups in total. The zero-order chi connectivity index (χ0) is 13.5. The van der Waals surface area contributed by atoms with Crippen molar-refractivity contribution in [2.75, 3.05) is 0 Å². The molecular weight excluding hydrogens is 272 g/mol. The standard InChI is InChI=1S/C14H12N4OS/c19-13-11(20-14(18-13)17-9-3-4-9)6-8-7-16-12-10(8)2-1-5-15-12/h1-2,5-7,9H,3-4H2,(H,15,16)(H,17,18,19)/b11-6-. The van der Waals surface area contributed by atoms with Crippen LogP contribution in [0.2, 0.25) is 0 Å². The van der Waals surface area contributed by atoms with E-state index in [1.54, 1.807) is 6.20 Å². The monoisotopic (exact) mass is 284 g/mol. The molecule has 1 amide bonds. The first-order valence-electron chi connectivity index (χ1n) is 6.51. The molecule has 20 heavy (non-hydrogen) atoms. The van der Waals surface area contributed by atoms with E-state index in [4.69, 9.17) is 0 Å². The summed E-state index contributed by atoms with van der Waals surface area (Å²) in [6.07, 6.45) is 7.82. The highest BCUT2D eigenvalue weighted by atomic mass is 32.2. The minimum atomic E-state index is -0.170. The van der Waals surface area contributed by atoms with Crippen LogP contribution in [-0.2, 0) is 4.79 Å². The maximum absolute atomic E-state index is 11.9. The molecule has 0 unspecified atom stereocenters. The zero-order valence-electron chi connectivity index (χ0n) is 10.6. The quantitative estimate of drug-likeness (QED) is 0.830. The Hall–Kier alpha value is -2.08. The van der Waals surface area contributed by atoms with E-state index in [0.29, 0.717) is 10.9 Å². The highest BCUT2D eigenvalue weighted by Gasteiger charge is 2.28. The van der Waals surface area contributed by atoms with Crippen LogP contribution in [0.15, 0.2) is 34.4 Å². The number of fused-ring (bicyclic) bond motifs is 1. The highest BCUT2D eigenvalue weighted by molar-refractivity contribution is 8.18. The van der Waals surface area contributed by atoms with Crippen LogP contribution < -0.4 is 5.32 Å². The van der Waals surface area contributed by atoms with Gasteiger partial charge in [-0.25, -0.2) is 4.98 Å². The molecule has 0 aromatic carbocycles. The number of aromatic amines is 1. The van der Waals surface area contributed by atoms with Crippen molar-refractivity contribution in [2.45, 2.75) is 18.9 Å². The van der Waals surface area contributed by atoms with Gasteiger partial charge in [0.05, 0.1) is 4.91 Å². The lowest BCUT2D eigenvalue weighted by molar-refractivity contribution is -0.113. The van der Waals surface area contributed by atoms with Gasteiger partial charge in [0.1, 0.15) is 5.65 Å². The fourth-order valence-electron chi connectivity index (χ4n) is 2.11. The van der Waals surface area contributed by atoms with Crippen LogP contribution in [0.25, 0.3) is 17.1 Å². The van der Waals surface area contributed by atoms with Gasteiger partial charge >= 0.3 is 0 Å². The number of H-pyrrole nitrogens is 1. The predicted molar refractivity (Wildman–Crippen MR) is 80.3 cm³/mol. The lowest BCUT2D eigenvalue weighted by atomic mass is 10.2. The van der Waals surface area contributed by atoms with Gasteiger partial charge in [-0.1, -0.05) is 0 Å². The number of nitrogens with zero attached hydrogens (tertiary/aromatic N) is 2. The summed E-state index contributed by atoms with van der Waals surface area (Å²) in [4.78, 5) is 23.9. The topological polar surface area (TPSA) is 70.1 Å². The summed E-state index contributed by atoms with van der Waals surface area (Å²) in [7, 11) is 0. The molecule has 0 spiro atoms. The number of hydrogen-bond donors (Lipinski definition) is 2. The molecule has 0 saturated heterocycles. The first-order valence-corrected chi connectivity index (χ1v) is 7.32. The third kappa shape index (κ3) is 2.12. The van der Waals surface area contributed by atoms with E-state index in [1.165, 1.54) is 24.6 Å². The first-order chi connectivity index (χ1) is 9.79. The molecule has 1 saturated carbocycles. The number of rotatable bonds is 2. The summed E-state index contributed by atoms with van der Waals surface area (Å²) in [6, 6.07) is 4.38. The van der Waals surface area contributed by atoms with Crippen LogP contribution in [0, 0.1) is 0 Å². The predicted octanol–water partition coefficient (Wildman–Crippen LogP) is 2.29. The second-order valence-corrected chi connectivity index (χ2v) is 5.93. The van der Waals surface area contributed by atoms with Gasteiger partial charge in [-0.3, -0.25) is 4.79 Å². The van der Waals surface area contributed by atoms with Crippen molar-refractivity contribution in [2.24, 2.45) is 4.99 Å². The van der Waals surface area contributed by atoms with Crippen molar-refractivity contribution < 1.29 is 4.79 Å². The molecule has 1 aliphatic carbocycles. The average Bonchev–Trinajstić information content (AvgIpc) is 3.07. The van der Waals surface area contributed by atoms with Gasteiger partial charge in [0, 0.05) is 29.4 Å². The smallest absolute Gasteiger partial charge is 0.286 e. The number of amides is 1. The zero-order valence-corrected chi connectivity index (χ0v) is 11.4. The van der Waals surface area contributed by atoms with Crippen LogP contribution >= 0.6 is 11.8 Å². The highest BCUT2D eigenvalue weighted by Crippen LogP contribution is 2.31. The SMILES string of the molecule is O=C1N=C(NC2CC2)S/C1=C\c1c[nH]c2ncccc12. The Bertz CT molecular complexity index is 757. The Labute approximate surface area is 119 Å². The molecule has 0 radical (unpaired) electrons. The Balaban J connectivity index is 1.62. The minimum Gasteiger partial charge on any atom is -0.361 e. The molecule has 5 nitrogen and oxygen atoms in total. The second kappa shape index (κ2) is 4.49. The maximum Gasteiger partial charge on any atom is 0.286 e. The van der Waals surface area contributed by atoms with E-state index in [0.717, 1.165) is 21.8 Å². The summed E-state index contributed by atoms with van der Waals surface area (Å²) >= 11 is 1.41. The Kier molecular flexibility index (Phi) is 2.63. The van der Waals surface area contributed by atoms with Crippen molar-refractivity contribution in [1.82, 2.24) is 15.3 Å². The van der Waals surface area contributed by atoms with Crippen LogP contribution in [0.1, 0.15) is 18.4 Å². The summed E-state index contributed by atoms with van der Waals surface area (Å²) < 4.78 is 0. The Morgan fingerprint density at radius 3 is 3.20 bits per heavy atom. The van der Waals surface area contributed by atoms with Crippen LogP contribution in [-0.4, -0.2) is 27.1 Å². The summed E-state index contributed by atoms with van der Waals surface area (Å²) in [5.74, 6) is -0.170. The fraction of sp³-hybridized carbons (Fsp3) is 0.214. The minimum absolute atomic E-state index is 0.170. The van der Waals surface area contributed by atoms with Crippen molar-refractivity contribution in [3.05, 3.63) is 35.0 Å². The Morgan fingerprint density at radius 2 is 2.35 bits per heavy atom. The van der Waals surface area contributed by atoms with E-state index in [9.17, 15) is 4.79 Å². The fourth-order valence-corrected chi connectivity index (χ4v) is 2.99. The molecule has 100 valence electrons. The van der Waals surface area contributed by atoms with Gasteiger partial charge in [0.2, 0.25) is 0 Å². The normalized spacial score (nSPS) is 20.7. The lowest BCUT2D eigenvalue weighted by Crippen LogP contribution is -2.20. The largest absolute Gasteiger partial charge is 0.361 e. The molecule has 3 heterocycles. The Morgan fingerprint density at radius 1 is 1.45 bits per heavy atom. The molecule has 2 aromatic heterocycles. The van der Waals surface area contributed by atoms with Gasteiger partial charge in [0.25, 0.3) is 5.91 Å². The molecule has 1 fully saturated rings. The van der Waals surface area contributed by atoms with Crippen LogP contribution in [0.3, 0.4) is 0 Å². The average molecular weight is 284 g/mol. The van der Waals surface area contributed by atoms with E-state index in [-0.39, 0.29) is 5.91 Å². The number of hydrogen-bond acceptors (Lipinski definition) is 4. The molecule has 2 aliphatic rings.